The summed E-state index contributed by atoms with van der Waals surface area (Å²) in [6.45, 7) is 3.08. The van der Waals surface area contributed by atoms with Gasteiger partial charge >= 0.3 is 0 Å². The lowest BCUT2D eigenvalue weighted by molar-refractivity contribution is 0.515. The monoisotopic (exact) mass is 239 g/mol. The van der Waals surface area contributed by atoms with Crippen molar-refractivity contribution in [2.45, 2.75) is 44.0 Å². The molecule has 0 amide bonds. The van der Waals surface area contributed by atoms with Crippen molar-refractivity contribution in [3.05, 3.63) is 18.0 Å². The molecule has 2 unspecified atom stereocenters. The van der Waals surface area contributed by atoms with E-state index in [-0.39, 0.29) is 0 Å². The Morgan fingerprint density at radius 2 is 2.50 bits per heavy atom. The molecular formula is C12H21N3S. The van der Waals surface area contributed by atoms with E-state index in [1.807, 2.05) is 10.9 Å². The van der Waals surface area contributed by atoms with E-state index in [1.165, 1.54) is 30.6 Å². The molecule has 1 aromatic heterocycles. The van der Waals surface area contributed by atoms with E-state index in [0.29, 0.717) is 11.3 Å². The zero-order chi connectivity index (χ0) is 11.4. The minimum absolute atomic E-state index is 0.464. The minimum Gasteiger partial charge on any atom is -0.312 e. The van der Waals surface area contributed by atoms with Gasteiger partial charge in [0.25, 0.3) is 0 Å². The first kappa shape index (κ1) is 12.0. The molecule has 90 valence electrons. The SMILES string of the molecule is CCn1cc(C(NC)C2CCCCS2)cn1. The van der Waals surface area contributed by atoms with Crippen LogP contribution in [0.25, 0.3) is 0 Å². The molecule has 2 atom stereocenters. The number of hydrogen-bond donors (Lipinski definition) is 1. The molecular weight excluding hydrogens is 218 g/mol. The first-order chi connectivity index (χ1) is 7.85. The van der Waals surface area contributed by atoms with Crippen LogP contribution >= 0.6 is 11.8 Å². The van der Waals surface area contributed by atoms with Gasteiger partial charge in [0, 0.05) is 29.6 Å². The molecule has 1 fully saturated rings. The van der Waals surface area contributed by atoms with Crippen LogP contribution in [-0.2, 0) is 6.54 Å². The molecule has 0 bridgehead atoms. The zero-order valence-corrected chi connectivity index (χ0v) is 11.0. The predicted molar refractivity (Wildman–Crippen MR) is 69.8 cm³/mol. The Balaban J connectivity index is 2.08. The molecule has 1 N–H and O–H groups in total. The van der Waals surface area contributed by atoms with Crippen LogP contribution in [-0.4, -0.2) is 27.8 Å². The quantitative estimate of drug-likeness (QED) is 0.875. The first-order valence-corrected chi connectivity index (χ1v) is 7.21. The number of nitrogens with zero attached hydrogens (tertiary/aromatic N) is 2. The standard InChI is InChI=1S/C12H21N3S/c1-3-15-9-10(8-14-15)12(13-2)11-6-4-5-7-16-11/h8-9,11-13H,3-7H2,1-2H3. The summed E-state index contributed by atoms with van der Waals surface area (Å²) in [5.74, 6) is 1.31. The van der Waals surface area contributed by atoms with Crippen LogP contribution in [0.3, 0.4) is 0 Å². The highest BCUT2D eigenvalue weighted by atomic mass is 32.2. The van der Waals surface area contributed by atoms with Gasteiger partial charge in [-0.1, -0.05) is 6.42 Å². The van der Waals surface area contributed by atoms with Gasteiger partial charge < -0.3 is 5.32 Å². The normalized spacial score (nSPS) is 23.2. The summed E-state index contributed by atoms with van der Waals surface area (Å²) in [4.78, 5) is 0. The molecule has 0 radical (unpaired) electrons. The van der Waals surface area contributed by atoms with Gasteiger partial charge in [0.2, 0.25) is 0 Å². The highest BCUT2D eigenvalue weighted by Crippen LogP contribution is 2.34. The number of aryl methyl sites for hydroxylation is 1. The lowest BCUT2D eigenvalue weighted by Gasteiger charge is -2.28. The highest BCUT2D eigenvalue weighted by Gasteiger charge is 2.25. The van der Waals surface area contributed by atoms with Crippen molar-refractivity contribution in [1.29, 1.82) is 0 Å². The van der Waals surface area contributed by atoms with Crippen molar-refractivity contribution >= 4 is 11.8 Å². The predicted octanol–water partition coefficient (Wildman–Crippen LogP) is 2.45. The average molecular weight is 239 g/mol. The number of aromatic nitrogens is 2. The van der Waals surface area contributed by atoms with Crippen molar-refractivity contribution in [1.82, 2.24) is 15.1 Å². The molecule has 0 spiro atoms. The lowest BCUT2D eigenvalue weighted by Crippen LogP contribution is -2.29. The molecule has 0 aromatic carbocycles. The van der Waals surface area contributed by atoms with Crippen LogP contribution < -0.4 is 5.32 Å². The van der Waals surface area contributed by atoms with Gasteiger partial charge in [-0.3, -0.25) is 4.68 Å². The molecule has 16 heavy (non-hydrogen) atoms. The Labute approximate surface area is 102 Å². The maximum Gasteiger partial charge on any atom is 0.0538 e. The lowest BCUT2D eigenvalue weighted by atomic mass is 10.0. The third-order valence-electron chi connectivity index (χ3n) is 3.23. The van der Waals surface area contributed by atoms with Crippen molar-refractivity contribution < 1.29 is 0 Å². The Morgan fingerprint density at radius 3 is 3.06 bits per heavy atom. The number of rotatable bonds is 4. The van der Waals surface area contributed by atoms with Gasteiger partial charge in [-0.05, 0) is 32.6 Å². The van der Waals surface area contributed by atoms with E-state index in [9.17, 15) is 0 Å². The molecule has 0 saturated carbocycles. The third-order valence-corrected chi connectivity index (χ3v) is 4.69. The smallest absolute Gasteiger partial charge is 0.0538 e. The minimum atomic E-state index is 0.464. The first-order valence-electron chi connectivity index (χ1n) is 6.16. The topological polar surface area (TPSA) is 29.9 Å². The fourth-order valence-corrected chi connectivity index (χ4v) is 3.80. The van der Waals surface area contributed by atoms with Crippen molar-refractivity contribution in [3.8, 4) is 0 Å². The molecule has 1 aliphatic heterocycles. The molecule has 0 aliphatic carbocycles. The van der Waals surface area contributed by atoms with Crippen molar-refractivity contribution in [2.24, 2.45) is 0 Å². The summed E-state index contributed by atoms with van der Waals surface area (Å²) in [5.41, 5.74) is 1.34. The maximum absolute atomic E-state index is 4.37. The fourth-order valence-electron chi connectivity index (χ4n) is 2.31. The van der Waals surface area contributed by atoms with E-state index in [1.54, 1.807) is 0 Å². The largest absolute Gasteiger partial charge is 0.312 e. The molecule has 2 heterocycles. The number of hydrogen-bond acceptors (Lipinski definition) is 3. The molecule has 2 rings (SSSR count). The Bertz CT molecular complexity index is 318. The van der Waals surface area contributed by atoms with Crippen LogP contribution in [0.4, 0.5) is 0 Å². The van der Waals surface area contributed by atoms with E-state index < -0.39 is 0 Å². The Kier molecular flexibility index (Phi) is 4.29. The van der Waals surface area contributed by atoms with E-state index in [2.05, 4.69) is 42.3 Å². The van der Waals surface area contributed by atoms with Gasteiger partial charge in [0.1, 0.15) is 0 Å². The van der Waals surface area contributed by atoms with E-state index in [0.717, 1.165) is 6.54 Å². The Hall–Kier alpha value is -0.480. The second-order valence-electron chi connectivity index (χ2n) is 4.30. The summed E-state index contributed by atoms with van der Waals surface area (Å²) in [7, 11) is 2.06. The third kappa shape index (κ3) is 2.61. The van der Waals surface area contributed by atoms with Crippen LogP contribution in [0, 0.1) is 0 Å². The summed E-state index contributed by atoms with van der Waals surface area (Å²) in [5, 5.41) is 8.53. The van der Waals surface area contributed by atoms with Crippen LogP contribution in [0.5, 0.6) is 0 Å². The van der Waals surface area contributed by atoms with Gasteiger partial charge in [0.15, 0.2) is 0 Å². The summed E-state index contributed by atoms with van der Waals surface area (Å²) in [6.07, 6.45) is 8.27. The Morgan fingerprint density at radius 1 is 1.62 bits per heavy atom. The number of nitrogens with one attached hydrogen (secondary N) is 1. The van der Waals surface area contributed by atoms with Gasteiger partial charge in [-0.25, -0.2) is 0 Å². The molecule has 1 aliphatic rings. The van der Waals surface area contributed by atoms with Crippen LogP contribution in [0.2, 0.25) is 0 Å². The highest BCUT2D eigenvalue weighted by molar-refractivity contribution is 8.00. The fraction of sp³-hybridized carbons (Fsp3) is 0.750. The average Bonchev–Trinajstić information content (AvgIpc) is 2.80. The van der Waals surface area contributed by atoms with Crippen LogP contribution in [0.15, 0.2) is 12.4 Å². The van der Waals surface area contributed by atoms with Crippen molar-refractivity contribution in [3.63, 3.8) is 0 Å². The van der Waals surface area contributed by atoms with E-state index >= 15 is 0 Å². The molecule has 4 heteroatoms. The second-order valence-corrected chi connectivity index (χ2v) is 5.65. The molecule has 1 saturated heterocycles. The molecule has 1 aromatic rings. The van der Waals surface area contributed by atoms with Gasteiger partial charge in [-0.15, -0.1) is 0 Å². The molecule has 3 nitrogen and oxygen atoms in total. The van der Waals surface area contributed by atoms with Gasteiger partial charge in [-0.2, -0.15) is 16.9 Å². The summed E-state index contributed by atoms with van der Waals surface area (Å²) >= 11 is 2.11. The van der Waals surface area contributed by atoms with E-state index in [4.69, 9.17) is 0 Å². The maximum atomic E-state index is 4.37. The number of thioether (sulfide) groups is 1. The van der Waals surface area contributed by atoms with Gasteiger partial charge in [0.05, 0.1) is 6.20 Å². The summed E-state index contributed by atoms with van der Waals surface area (Å²) < 4.78 is 2.01. The van der Waals surface area contributed by atoms with Crippen LogP contribution in [0.1, 0.15) is 37.8 Å². The van der Waals surface area contributed by atoms with Crippen molar-refractivity contribution in [2.75, 3.05) is 12.8 Å². The second kappa shape index (κ2) is 5.73. The zero-order valence-electron chi connectivity index (χ0n) is 10.1. The summed E-state index contributed by atoms with van der Waals surface area (Å²) in [6, 6.07) is 0.464.